The molecule has 18 heavy (non-hydrogen) atoms. The fourth-order valence-electron chi connectivity index (χ4n) is 1.77. The van der Waals surface area contributed by atoms with E-state index in [0.717, 1.165) is 12.0 Å². The Bertz CT molecular complexity index is 414. The lowest BCUT2D eigenvalue weighted by molar-refractivity contribution is 0.00578. The van der Waals surface area contributed by atoms with Crippen LogP contribution in [0, 0.1) is 0 Å². The third kappa shape index (κ3) is 2.36. The molecule has 100 valence electrons. The molecule has 5 heteroatoms. The highest BCUT2D eigenvalue weighted by atomic mass is 32.1. The molecule has 0 aromatic carbocycles. The van der Waals surface area contributed by atoms with E-state index in [1.165, 1.54) is 5.01 Å². The van der Waals surface area contributed by atoms with Crippen molar-refractivity contribution in [2.75, 3.05) is 0 Å². The predicted molar refractivity (Wildman–Crippen MR) is 76.5 cm³/mol. The van der Waals surface area contributed by atoms with Crippen LogP contribution < -0.4 is 5.59 Å². The highest BCUT2D eigenvalue weighted by Crippen LogP contribution is 2.36. The second-order valence-electron chi connectivity index (χ2n) is 6.01. The molecule has 1 aliphatic heterocycles. The molecular formula is C13H22BNO2S. The first kappa shape index (κ1) is 14.0. The first-order valence-electron chi connectivity index (χ1n) is 6.58. The zero-order valence-corrected chi connectivity index (χ0v) is 12.9. The van der Waals surface area contributed by atoms with Crippen LogP contribution in [-0.2, 0) is 9.31 Å². The number of thiazole rings is 1. The van der Waals surface area contributed by atoms with Crippen LogP contribution in [-0.4, -0.2) is 23.3 Å². The number of nitrogens with zero attached hydrogens (tertiary/aromatic N) is 1. The number of hydrogen-bond acceptors (Lipinski definition) is 4. The van der Waals surface area contributed by atoms with Gasteiger partial charge in [-0.05, 0) is 34.1 Å². The molecule has 1 aromatic heterocycles. The second-order valence-corrected chi connectivity index (χ2v) is 6.90. The van der Waals surface area contributed by atoms with Crippen molar-refractivity contribution < 1.29 is 9.31 Å². The molecule has 0 radical (unpaired) electrons. The first-order valence-corrected chi connectivity index (χ1v) is 7.46. The minimum Gasteiger partial charge on any atom is -0.398 e. The van der Waals surface area contributed by atoms with Crippen molar-refractivity contribution in [2.45, 2.75) is 65.1 Å². The van der Waals surface area contributed by atoms with Crippen molar-refractivity contribution in [1.29, 1.82) is 0 Å². The molecule has 0 saturated carbocycles. The SMILES string of the molecule is CCC(C)c1nc(B2OC(C)(C)C(C)(C)O2)cs1. The molecule has 1 fully saturated rings. The maximum absolute atomic E-state index is 6.00. The van der Waals surface area contributed by atoms with Crippen LogP contribution in [0.2, 0.25) is 0 Å². The summed E-state index contributed by atoms with van der Waals surface area (Å²) in [6.45, 7) is 12.6. The number of aromatic nitrogens is 1. The van der Waals surface area contributed by atoms with Crippen molar-refractivity contribution in [3.05, 3.63) is 10.4 Å². The minimum atomic E-state index is -0.330. The van der Waals surface area contributed by atoms with Gasteiger partial charge in [0, 0.05) is 11.3 Å². The van der Waals surface area contributed by atoms with Gasteiger partial charge in [-0.3, -0.25) is 0 Å². The van der Waals surface area contributed by atoms with Crippen LogP contribution in [0.15, 0.2) is 5.38 Å². The maximum atomic E-state index is 6.00. The third-order valence-electron chi connectivity index (χ3n) is 4.07. The van der Waals surface area contributed by atoms with Crippen molar-refractivity contribution in [3.63, 3.8) is 0 Å². The Balaban J connectivity index is 2.17. The summed E-state index contributed by atoms with van der Waals surface area (Å²) in [5.41, 5.74) is 0.323. The van der Waals surface area contributed by atoms with Crippen LogP contribution in [0.5, 0.6) is 0 Å². The third-order valence-corrected chi connectivity index (χ3v) is 5.16. The van der Waals surface area contributed by atoms with Gasteiger partial charge in [-0.2, -0.15) is 0 Å². The van der Waals surface area contributed by atoms with Crippen molar-refractivity contribution in [2.24, 2.45) is 0 Å². The molecule has 1 saturated heterocycles. The molecule has 2 rings (SSSR count). The topological polar surface area (TPSA) is 31.4 Å². The van der Waals surface area contributed by atoms with E-state index in [1.807, 2.05) is 0 Å². The Hall–Kier alpha value is -0.385. The van der Waals surface area contributed by atoms with E-state index in [-0.39, 0.29) is 18.3 Å². The van der Waals surface area contributed by atoms with Gasteiger partial charge in [0.05, 0.1) is 21.8 Å². The highest BCUT2D eigenvalue weighted by Gasteiger charge is 2.52. The Morgan fingerprint density at radius 3 is 2.33 bits per heavy atom. The molecule has 1 atom stereocenters. The summed E-state index contributed by atoms with van der Waals surface area (Å²) >= 11 is 1.70. The molecular weight excluding hydrogens is 245 g/mol. The van der Waals surface area contributed by atoms with E-state index >= 15 is 0 Å². The second kappa shape index (κ2) is 4.62. The lowest BCUT2D eigenvalue weighted by Crippen LogP contribution is -2.41. The van der Waals surface area contributed by atoms with Gasteiger partial charge in [-0.1, -0.05) is 13.8 Å². The van der Waals surface area contributed by atoms with Gasteiger partial charge in [0.1, 0.15) is 0 Å². The maximum Gasteiger partial charge on any atom is 0.515 e. The van der Waals surface area contributed by atoms with Crippen molar-refractivity contribution in [3.8, 4) is 0 Å². The predicted octanol–water partition coefficient (Wildman–Crippen LogP) is 2.96. The van der Waals surface area contributed by atoms with Gasteiger partial charge in [-0.25, -0.2) is 4.98 Å². The quantitative estimate of drug-likeness (QED) is 0.789. The molecule has 0 N–H and O–H groups in total. The zero-order chi connectivity index (χ0) is 13.6. The average Bonchev–Trinajstić information content (AvgIpc) is 2.82. The Morgan fingerprint density at radius 1 is 1.28 bits per heavy atom. The van der Waals surface area contributed by atoms with Gasteiger partial charge >= 0.3 is 7.12 Å². The lowest BCUT2D eigenvalue weighted by Gasteiger charge is -2.32. The molecule has 1 aromatic rings. The molecule has 0 bridgehead atoms. The summed E-state index contributed by atoms with van der Waals surface area (Å²) in [5, 5.41) is 3.23. The smallest absolute Gasteiger partial charge is 0.398 e. The van der Waals surface area contributed by atoms with Crippen LogP contribution in [0.4, 0.5) is 0 Å². The van der Waals surface area contributed by atoms with Crippen LogP contribution in [0.25, 0.3) is 0 Å². The van der Waals surface area contributed by atoms with E-state index < -0.39 is 0 Å². The lowest BCUT2D eigenvalue weighted by atomic mass is 9.86. The van der Waals surface area contributed by atoms with E-state index in [9.17, 15) is 0 Å². The average molecular weight is 267 g/mol. The van der Waals surface area contributed by atoms with E-state index in [0.29, 0.717) is 5.92 Å². The summed E-state index contributed by atoms with van der Waals surface area (Å²) in [6.07, 6.45) is 1.11. The fraction of sp³-hybridized carbons (Fsp3) is 0.769. The summed E-state index contributed by atoms with van der Waals surface area (Å²) in [4.78, 5) is 4.66. The van der Waals surface area contributed by atoms with Crippen molar-refractivity contribution in [1.82, 2.24) is 4.98 Å². The van der Waals surface area contributed by atoms with E-state index in [4.69, 9.17) is 9.31 Å². The Morgan fingerprint density at radius 2 is 1.83 bits per heavy atom. The Kier molecular flexibility index (Phi) is 3.60. The molecule has 0 amide bonds. The van der Waals surface area contributed by atoms with Gasteiger partial charge in [-0.15, -0.1) is 11.3 Å². The molecule has 1 aliphatic rings. The fourth-order valence-corrected chi connectivity index (χ4v) is 2.74. The summed E-state index contributed by atoms with van der Waals surface area (Å²) in [7, 11) is -0.330. The summed E-state index contributed by atoms with van der Waals surface area (Å²) in [5.74, 6) is 0.506. The van der Waals surface area contributed by atoms with Crippen LogP contribution in [0.1, 0.15) is 58.9 Å². The molecule has 3 nitrogen and oxygen atoms in total. The molecule has 2 heterocycles. The standard InChI is InChI=1S/C13H22BNO2S/c1-7-9(2)11-15-10(8-18-11)14-16-12(3,4)13(5,6)17-14/h8-9H,7H2,1-6H3. The number of hydrogen-bond donors (Lipinski definition) is 0. The Labute approximate surface area is 114 Å². The summed E-state index contributed by atoms with van der Waals surface area (Å²) < 4.78 is 12.0. The van der Waals surface area contributed by atoms with Crippen molar-refractivity contribution >= 4 is 24.0 Å². The monoisotopic (exact) mass is 267 g/mol. The largest absolute Gasteiger partial charge is 0.515 e. The minimum absolute atomic E-state index is 0.294. The van der Waals surface area contributed by atoms with E-state index in [2.05, 4.69) is 51.9 Å². The van der Waals surface area contributed by atoms with E-state index in [1.54, 1.807) is 11.3 Å². The highest BCUT2D eigenvalue weighted by molar-refractivity contribution is 7.10. The zero-order valence-electron chi connectivity index (χ0n) is 12.1. The molecule has 1 unspecified atom stereocenters. The van der Waals surface area contributed by atoms with Crippen LogP contribution in [0.3, 0.4) is 0 Å². The van der Waals surface area contributed by atoms with Gasteiger partial charge in [0.25, 0.3) is 0 Å². The van der Waals surface area contributed by atoms with Gasteiger partial charge in [0.15, 0.2) is 0 Å². The molecule has 0 aliphatic carbocycles. The van der Waals surface area contributed by atoms with Gasteiger partial charge in [0.2, 0.25) is 0 Å². The molecule has 0 spiro atoms. The number of rotatable bonds is 3. The van der Waals surface area contributed by atoms with Crippen LogP contribution >= 0.6 is 11.3 Å². The van der Waals surface area contributed by atoms with Gasteiger partial charge < -0.3 is 9.31 Å². The summed E-state index contributed by atoms with van der Waals surface area (Å²) in [6, 6.07) is 0. The normalized spacial score (nSPS) is 23.3. The first-order chi connectivity index (χ1) is 8.27.